The summed E-state index contributed by atoms with van der Waals surface area (Å²) in [7, 11) is 0. The number of Topliss-reactive ketones (excluding diaryl/α,β-unsaturated/α-hetero) is 1. The molecule has 0 heterocycles. The molecule has 0 aliphatic heterocycles. The summed E-state index contributed by atoms with van der Waals surface area (Å²) >= 11 is 0. The highest BCUT2D eigenvalue weighted by Crippen LogP contribution is 2.25. The highest BCUT2D eigenvalue weighted by molar-refractivity contribution is 6.00. The molecule has 0 aliphatic carbocycles. The van der Waals surface area contributed by atoms with Gasteiger partial charge in [-0.3, -0.25) is 4.79 Å². The maximum atomic E-state index is 12.4. The second-order valence-electron chi connectivity index (χ2n) is 7.56. The van der Waals surface area contributed by atoms with Gasteiger partial charge < -0.3 is 9.84 Å². The highest BCUT2D eigenvalue weighted by Gasteiger charge is 2.12. The van der Waals surface area contributed by atoms with Crippen LogP contribution in [0.5, 0.6) is 11.5 Å². The zero-order chi connectivity index (χ0) is 19.5. The predicted octanol–water partition coefficient (Wildman–Crippen LogP) is 6.19. The van der Waals surface area contributed by atoms with Crippen LogP contribution in [0.25, 0.3) is 0 Å². The predicted molar refractivity (Wildman–Crippen MR) is 111 cm³/mol. The van der Waals surface area contributed by atoms with E-state index in [1.165, 1.54) is 25.7 Å². The Bertz CT molecular complexity index is 692. The van der Waals surface area contributed by atoms with Crippen molar-refractivity contribution in [2.24, 2.45) is 5.92 Å². The van der Waals surface area contributed by atoms with Crippen LogP contribution in [0.2, 0.25) is 0 Å². The van der Waals surface area contributed by atoms with E-state index in [0.29, 0.717) is 17.9 Å². The topological polar surface area (TPSA) is 46.5 Å². The molecule has 2 aromatic rings. The second-order valence-corrected chi connectivity index (χ2v) is 7.56. The highest BCUT2D eigenvalue weighted by atomic mass is 16.5. The molecule has 0 aliphatic rings. The molecule has 0 bridgehead atoms. The average Bonchev–Trinajstić information content (AvgIpc) is 2.64. The number of unbranched alkanes of at least 4 members (excludes halogenated alkanes) is 4. The lowest BCUT2D eigenvalue weighted by Gasteiger charge is -2.09. The summed E-state index contributed by atoms with van der Waals surface area (Å²) in [6.45, 7) is 5.18. The third-order valence-electron chi connectivity index (χ3n) is 4.67. The summed E-state index contributed by atoms with van der Waals surface area (Å²) in [4.78, 5) is 12.4. The molecule has 146 valence electrons. The fourth-order valence-electron chi connectivity index (χ4n) is 3.09. The van der Waals surface area contributed by atoms with Crippen LogP contribution in [-0.2, 0) is 6.42 Å². The minimum absolute atomic E-state index is 0.0119. The summed E-state index contributed by atoms with van der Waals surface area (Å²) in [5.41, 5.74) is 1.28. The number of hydrogen-bond donors (Lipinski definition) is 1. The number of hydrogen-bond acceptors (Lipinski definition) is 3. The van der Waals surface area contributed by atoms with Crippen molar-refractivity contribution in [1.29, 1.82) is 0 Å². The molecule has 0 atom stereocenters. The van der Waals surface area contributed by atoms with Crippen molar-refractivity contribution in [3.8, 4) is 11.5 Å². The van der Waals surface area contributed by atoms with E-state index in [4.69, 9.17) is 4.74 Å². The Hall–Kier alpha value is -2.29. The summed E-state index contributed by atoms with van der Waals surface area (Å²) in [5.74, 6) is 1.31. The van der Waals surface area contributed by atoms with Crippen molar-refractivity contribution >= 4 is 5.78 Å². The van der Waals surface area contributed by atoms with Gasteiger partial charge in [-0.2, -0.15) is 0 Å². The zero-order valence-electron chi connectivity index (χ0n) is 16.6. The van der Waals surface area contributed by atoms with Gasteiger partial charge in [0.1, 0.15) is 11.5 Å². The van der Waals surface area contributed by atoms with Crippen LogP contribution < -0.4 is 4.74 Å². The maximum Gasteiger partial charge on any atom is 0.170 e. The van der Waals surface area contributed by atoms with Gasteiger partial charge in [-0.05, 0) is 30.0 Å². The molecule has 3 heteroatoms. The van der Waals surface area contributed by atoms with Gasteiger partial charge in [-0.15, -0.1) is 0 Å². The van der Waals surface area contributed by atoms with Crippen LogP contribution in [0.15, 0.2) is 48.5 Å². The molecule has 0 unspecified atom stereocenters. The fraction of sp³-hybridized carbons (Fsp3) is 0.458. The van der Waals surface area contributed by atoms with Crippen LogP contribution in [0.4, 0.5) is 0 Å². The number of benzene rings is 2. The third-order valence-corrected chi connectivity index (χ3v) is 4.67. The van der Waals surface area contributed by atoms with Gasteiger partial charge in [0.25, 0.3) is 0 Å². The van der Waals surface area contributed by atoms with Crippen LogP contribution in [0, 0.1) is 5.92 Å². The first-order chi connectivity index (χ1) is 13.1. The van der Waals surface area contributed by atoms with E-state index in [2.05, 4.69) is 13.8 Å². The molecule has 0 amide bonds. The second kappa shape index (κ2) is 11.4. The molecule has 27 heavy (non-hydrogen) atoms. The number of ether oxygens (including phenoxy) is 1. The quantitative estimate of drug-likeness (QED) is 0.359. The Morgan fingerprint density at radius 1 is 0.963 bits per heavy atom. The molecule has 0 saturated carbocycles. The van der Waals surface area contributed by atoms with Crippen molar-refractivity contribution < 1.29 is 14.6 Å². The first-order valence-electron chi connectivity index (χ1n) is 10.1. The van der Waals surface area contributed by atoms with E-state index in [9.17, 15) is 9.90 Å². The van der Waals surface area contributed by atoms with Crippen molar-refractivity contribution in [3.05, 3.63) is 59.7 Å². The summed E-state index contributed by atoms with van der Waals surface area (Å²) in [5, 5.41) is 10.2. The van der Waals surface area contributed by atoms with Gasteiger partial charge in [0.2, 0.25) is 0 Å². The first kappa shape index (κ1) is 21.0. The molecular formula is C24H32O3. The van der Waals surface area contributed by atoms with Crippen LogP contribution >= 0.6 is 0 Å². The molecule has 0 saturated heterocycles. The van der Waals surface area contributed by atoms with Gasteiger partial charge in [0.15, 0.2) is 5.78 Å². The van der Waals surface area contributed by atoms with E-state index in [-0.39, 0.29) is 18.0 Å². The average molecular weight is 369 g/mol. The van der Waals surface area contributed by atoms with Gasteiger partial charge in [0, 0.05) is 12.5 Å². The van der Waals surface area contributed by atoms with E-state index in [1.807, 2.05) is 30.3 Å². The molecule has 1 N–H and O–H groups in total. The molecule has 0 fully saturated rings. The van der Waals surface area contributed by atoms with E-state index in [1.54, 1.807) is 18.2 Å². The molecule has 0 radical (unpaired) electrons. The van der Waals surface area contributed by atoms with Gasteiger partial charge >= 0.3 is 0 Å². The lowest BCUT2D eigenvalue weighted by molar-refractivity contribution is 0.0990. The fourth-order valence-corrected chi connectivity index (χ4v) is 3.09. The largest absolute Gasteiger partial charge is 0.507 e. The molecule has 2 rings (SSSR count). The number of carbonyl (C=O) groups is 1. The molecule has 0 spiro atoms. The number of ketones is 1. The number of phenols is 1. The number of carbonyl (C=O) groups excluding carboxylic acids is 1. The van der Waals surface area contributed by atoms with Crippen molar-refractivity contribution in [3.63, 3.8) is 0 Å². The lowest BCUT2D eigenvalue weighted by Crippen LogP contribution is -2.04. The zero-order valence-corrected chi connectivity index (χ0v) is 16.6. The van der Waals surface area contributed by atoms with E-state index < -0.39 is 0 Å². The smallest absolute Gasteiger partial charge is 0.170 e. The van der Waals surface area contributed by atoms with Crippen LogP contribution in [0.3, 0.4) is 0 Å². The summed E-state index contributed by atoms with van der Waals surface area (Å²) in [6.07, 6.45) is 7.61. The molecule has 3 nitrogen and oxygen atoms in total. The number of phenolic OH excluding ortho intramolecular Hbond substituents is 1. The number of rotatable bonds is 12. The molecule has 0 aromatic heterocycles. The standard InChI is InChI=1S/C24H32O3/c1-19(2)11-7-4-3-5-10-16-27-21-14-15-22(24(26)18-21)23(25)17-20-12-8-6-9-13-20/h6,8-9,12-15,18-19,26H,3-5,7,10-11,16-17H2,1-2H3. The summed E-state index contributed by atoms with van der Waals surface area (Å²) < 4.78 is 5.71. The molecular weight excluding hydrogens is 336 g/mol. The van der Waals surface area contributed by atoms with E-state index in [0.717, 1.165) is 24.3 Å². The van der Waals surface area contributed by atoms with Crippen LogP contribution in [-0.4, -0.2) is 17.5 Å². The monoisotopic (exact) mass is 368 g/mol. The van der Waals surface area contributed by atoms with Gasteiger partial charge in [-0.25, -0.2) is 0 Å². The Labute approximate surface area is 163 Å². The summed E-state index contributed by atoms with van der Waals surface area (Å²) in [6, 6.07) is 14.5. The lowest BCUT2D eigenvalue weighted by atomic mass is 10.0. The van der Waals surface area contributed by atoms with Crippen molar-refractivity contribution in [2.75, 3.05) is 6.61 Å². The Kier molecular flexibility index (Phi) is 8.90. The van der Waals surface area contributed by atoms with Gasteiger partial charge in [-0.1, -0.05) is 76.3 Å². The van der Waals surface area contributed by atoms with Crippen molar-refractivity contribution in [1.82, 2.24) is 0 Å². The maximum absolute atomic E-state index is 12.4. The van der Waals surface area contributed by atoms with Gasteiger partial charge in [0.05, 0.1) is 12.2 Å². The Balaban J connectivity index is 1.72. The van der Waals surface area contributed by atoms with Crippen molar-refractivity contribution in [2.45, 2.75) is 58.8 Å². The Morgan fingerprint density at radius 2 is 1.67 bits per heavy atom. The normalized spacial score (nSPS) is 10.9. The minimum Gasteiger partial charge on any atom is -0.507 e. The first-order valence-corrected chi connectivity index (χ1v) is 10.1. The number of aromatic hydroxyl groups is 1. The third kappa shape index (κ3) is 7.86. The minimum atomic E-state index is -0.0911. The van der Waals surface area contributed by atoms with Crippen LogP contribution in [0.1, 0.15) is 68.3 Å². The Morgan fingerprint density at radius 3 is 2.37 bits per heavy atom. The van der Waals surface area contributed by atoms with E-state index >= 15 is 0 Å². The SMILES string of the molecule is CC(C)CCCCCCCOc1ccc(C(=O)Cc2ccccc2)c(O)c1. The molecule has 2 aromatic carbocycles.